The fourth-order valence-corrected chi connectivity index (χ4v) is 4.10. The van der Waals surface area contributed by atoms with Gasteiger partial charge in [0.05, 0.1) is 26.5 Å². The van der Waals surface area contributed by atoms with Crippen molar-refractivity contribution in [2.45, 2.75) is 10.6 Å². The Hall–Kier alpha value is -0.740. The van der Waals surface area contributed by atoms with E-state index in [0.717, 1.165) is 0 Å². The van der Waals surface area contributed by atoms with E-state index in [2.05, 4.69) is 0 Å². The molecule has 100 valence electrons. The van der Waals surface area contributed by atoms with Crippen LogP contribution in [0.4, 0.5) is 5.69 Å². The van der Waals surface area contributed by atoms with Gasteiger partial charge >= 0.3 is 0 Å². The van der Waals surface area contributed by atoms with Crippen molar-refractivity contribution in [1.82, 2.24) is 0 Å². The number of anilines is 1. The highest BCUT2D eigenvalue weighted by Crippen LogP contribution is 2.31. The van der Waals surface area contributed by atoms with Gasteiger partial charge in [-0.15, -0.1) is 0 Å². The van der Waals surface area contributed by atoms with Crippen LogP contribution >= 0.6 is 34.8 Å². The van der Waals surface area contributed by atoms with Crippen LogP contribution in [-0.2, 0) is 16.6 Å². The van der Waals surface area contributed by atoms with E-state index < -0.39 is 10.8 Å². The van der Waals surface area contributed by atoms with Crippen molar-refractivity contribution in [3.05, 3.63) is 57.0 Å². The van der Waals surface area contributed by atoms with E-state index in [0.29, 0.717) is 31.2 Å². The first-order chi connectivity index (χ1) is 9.00. The Bertz CT molecular complexity index is 605. The fraction of sp³-hybridized carbons (Fsp3) is 0.0769. The van der Waals surface area contributed by atoms with Crippen LogP contribution in [0.2, 0.25) is 15.1 Å². The van der Waals surface area contributed by atoms with Crippen LogP contribution in [0.3, 0.4) is 0 Å². The van der Waals surface area contributed by atoms with Crippen LogP contribution in [0.15, 0.2) is 41.3 Å². The summed E-state index contributed by atoms with van der Waals surface area (Å²) in [5.41, 5.74) is 6.83. The zero-order chi connectivity index (χ0) is 14.0. The van der Waals surface area contributed by atoms with Gasteiger partial charge in [0.2, 0.25) is 0 Å². The quantitative estimate of drug-likeness (QED) is 0.838. The summed E-state index contributed by atoms with van der Waals surface area (Å²) in [7, 11) is -1.40. The van der Waals surface area contributed by atoms with Gasteiger partial charge in [0, 0.05) is 21.3 Å². The van der Waals surface area contributed by atoms with Gasteiger partial charge in [-0.05, 0) is 24.3 Å². The second-order valence-electron chi connectivity index (χ2n) is 3.85. The second-order valence-corrected chi connectivity index (χ2v) is 6.46. The molecule has 0 heterocycles. The maximum absolute atomic E-state index is 12.4. The van der Waals surface area contributed by atoms with E-state index in [9.17, 15) is 4.21 Å². The van der Waals surface area contributed by atoms with Gasteiger partial charge < -0.3 is 5.73 Å². The third kappa shape index (κ3) is 3.23. The molecule has 0 fully saturated rings. The Morgan fingerprint density at radius 2 is 1.47 bits per heavy atom. The largest absolute Gasteiger partial charge is 0.398 e. The van der Waals surface area contributed by atoms with Crippen LogP contribution in [0.5, 0.6) is 0 Å². The van der Waals surface area contributed by atoms with Crippen LogP contribution < -0.4 is 5.73 Å². The minimum atomic E-state index is -1.40. The Balaban J connectivity index is 2.37. The molecule has 0 saturated heterocycles. The van der Waals surface area contributed by atoms with Crippen LogP contribution in [0, 0.1) is 0 Å². The number of nitrogens with two attached hydrogens (primary N) is 1. The molecule has 0 aliphatic carbocycles. The van der Waals surface area contributed by atoms with Gasteiger partial charge in [-0.3, -0.25) is 4.21 Å². The Morgan fingerprint density at radius 1 is 0.947 bits per heavy atom. The number of hydrogen-bond acceptors (Lipinski definition) is 2. The van der Waals surface area contributed by atoms with Crippen molar-refractivity contribution in [3.8, 4) is 0 Å². The molecule has 2 rings (SSSR count). The summed E-state index contributed by atoms with van der Waals surface area (Å²) < 4.78 is 12.4. The average Bonchev–Trinajstić information content (AvgIpc) is 2.34. The lowest BCUT2D eigenvalue weighted by atomic mass is 10.2. The molecule has 2 nitrogen and oxygen atoms in total. The number of rotatable bonds is 3. The summed E-state index contributed by atoms with van der Waals surface area (Å²) in [5, 5.41) is 1.33. The third-order valence-electron chi connectivity index (χ3n) is 2.56. The molecule has 2 aromatic rings. The summed E-state index contributed by atoms with van der Waals surface area (Å²) in [4.78, 5) is 0.417. The van der Waals surface area contributed by atoms with Crippen molar-refractivity contribution in [2.24, 2.45) is 0 Å². The lowest BCUT2D eigenvalue weighted by molar-refractivity contribution is 0.683. The highest BCUT2D eigenvalue weighted by Gasteiger charge is 2.16. The second kappa shape index (κ2) is 6.14. The lowest BCUT2D eigenvalue weighted by Crippen LogP contribution is -2.02. The van der Waals surface area contributed by atoms with E-state index in [1.807, 2.05) is 0 Å². The van der Waals surface area contributed by atoms with Gasteiger partial charge in [-0.25, -0.2) is 0 Å². The van der Waals surface area contributed by atoms with E-state index in [-0.39, 0.29) is 5.75 Å². The van der Waals surface area contributed by atoms with E-state index in [4.69, 9.17) is 40.5 Å². The van der Waals surface area contributed by atoms with Gasteiger partial charge in [-0.2, -0.15) is 0 Å². The van der Waals surface area contributed by atoms with E-state index in [1.165, 1.54) is 0 Å². The molecule has 0 bridgehead atoms. The Labute approximate surface area is 128 Å². The smallest absolute Gasteiger partial charge is 0.0806 e. The first-order valence-corrected chi connectivity index (χ1v) is 7.81. The number of hydrogen-bond donors (Lipinski definition) is 1. The number of halogens is 3. The summed E-state index contributed by atoms with van der Waals surface area (Å²) in [6.07, 6.45) is 0. The minimum absolute atomic E-state index is 0.173. The number of benzene rings is 2. The Kier molecular flexibility index (Phi) is 4.74. The van der Waals surface area contributed by atoms with Gasteiger partial charge in [0.1, 0.15) is 0 Å². The van der Waals surface area contributed by atoms with Crippen LogP contribution in [0.1, 0.15) is 5.56 Å². The standard InChI is InChI=1S/C13H10Cl3NOS/c14-9-3-1-4-10(15)8(9)7-19(18)13-11(16)5-2-6-12(13)17/h1-6H,7,17H2. The molecule has 19 heavy (non-hydrogen) atoms. The molecule has 0 saturated carbocycles. The van der Waals surface area contributed by atoms with Crippen LogP contribution in [0.25, 0.3) is 0 Å². The predicted octanol–water partition coefficient (Wildman–Crippen LogP) is 4.54. The maximum Gasteiger partial charge on any atom is 0.0806 e. The highest BCUT2D eigenvalue weighted by atomic mass is 35.5. The molecule has 2 aromatic carbocycles. The first-order valence-electron chi connectivity index (χ1n) is 5.36. The fourth-order valence-electron chi connectivity index (χ4n) is 1.64. The number of nitrogen functional groups attached to an aromatic ring is 1. The molecule has 0 spiro atoms. The molecule has 0 aliphatic rings. The lowest BCUT2D eigenvalue weighted by Gasteiger charge is -2.10. The van der Waals surface area contributed by atoms with Crippen molar-refractivity contribution >= 4 is 51.3 Å². The summed E-state index contributed by atoms with van der Waals surface area (Å²) in [5.74, 6) is 0.173. The molecule has 1 atom stereocenters. The van der Waals surface area contributed by atoms with Crippen molar-refractivity contribution in [3.63, 3.8) is 0 Å². The van der Waals surface area contributed by atoms with Crippen molar-refractivity contribution in [1.29, 1.82) is 0 Å². The predicted molar refractivity (Wildman–Crippen MR) is 82.4 cm³/mol. The molecule has 0 aromatic heterocycles. The average molecular weight is 335 g/mol. The molecule has 1 unspecified atom stereocenters. The highest BCUT2D eigenvalue weighted by molar-refractivity contribution is 7.84. The minimum Gasteiger partial charge on any atom is -0.398 e. The molecule has 0 amide bonds. The SMILES string of the molecule is Nc1cccc(Cl)c1S(=O)Cc1c(Cl)cccc1Cl. The third-order valence-corrected chi connectivity index (χ3v) is 5.16. The Morgan fingerprint density at radius 3 is 2.05 bits per heavy atom. The molecule has 2 N–H and O–H groups in total. The molecular formula is C13H10Cl3NOS. The van der Waals surface area contributed by atoms with E-state index in [1.54, 1.807) is 36.4 Å². The maximum atomic E-state index is 12.4. The monoisotopic (exact) mass is 333 g/mol. The summed E-state index contributed by atoms with van der Waals surface area (Å²) >= 11 is 18.1. The van der Waals surface area contributed by atoms with Crippen molar-refractivity contribution < 1.29 is 4.21 Å². The molecule has 0 radical (unpaired) electrons. The van der Waals surface area contributed by atoms with Crippen LogP contribution in [-0.4, -0.2) is 4.21 Å². The molecule has 0 aliphatic heterocycles. The first kappa shape index (κ1) is 14.7. The summed E-state index contributed by atoms with van der Waals surface area (Å²) in [6, 6.07) is 10.2. The molecular weight excluding hydrogens is 325 g/mol. The van der Waals surface area contributed by atoms with Gasteiger partial charge in [-0.1, -0.05) is 46.9 Å². The normalized spacial score (nSPS) is 12.4. The topological polar surface area (TPSA) is 43.1 Å². The molecule has 6 heteroatoms. The van der Waals surface area contributed by atoms with Gasteiger partial charge in [0.25, 0.3) is 0 Å². The zero-order valence-corrected chi connectivity index (χ0v) is 12.8. The van der Waals surface area contributed by atoms with Crippen molar-refractivity contribution in [2.75, 3.05) is 5.73 Å². The van der Waals surface area contributed by atoms with E-state index >= 15 is 0 Å². The summed E-state index contributed by atoms with van der Waals surface area (Å²) in [6.45, 7) is 0. The zero-order valence-electron chi connectivity index (χ0n) is 9.70. The van der Waals surface area contributed by atoms with Gasteiger partial charge in [0.15, 0.2) is 0 Å².